The number of rotatable bonds is 3. The van der Waals surface area contributed by atoms with E-state index in [1.165, 1.54) is 0 Å². The number of benzene rings is 1. The number of amides is 2. The highest BCUT2D eigenvalue weighted by Gasteiger charge is 2.15. The van der Waals surface area contributed by atoms with Gasteiger partial charge in [-0.05, 0) is 63.6 Å². The minimum atomic E-state index is -0.682. The lowest BCUT2D eigenvalue weighted by atomic mass is 10.2. The van der Waals surface area contributed by atoms with Crippen molar-refractivity contribution in [2.45, 2.75) is 13.0 Å². The highest BCUT2D eigenvalue weighted by molar-refractivity contribution is 14.1. The van der Waals surface area contributed by atoms with E-state index in [2.05, 4.69) is 43.8 Å². The molecule has 2 amide bonds. The van der Waals surface area contributed by atoms with E-state index < -0.39 is 11.9 Å². The molecule has 16 heavy (non-hydrogen) atoms. The summed E-state index contributed by atoms with van der Waals surface area (Å²) in [5.41, 5.74) is 5.54. The van der Waals surface area contributed by atoms with Crippen LogP contribution in [0.1, 0.15) is 17.3 Å². The quantitative estimate of drug-likeness (QED) is 0.762. The third kappa shape index (κ3) is 3.44. The molecule has 0 radical (unpaired) electrons. The molecule has 1 atom stereocenters. The summed E-state index contributed by atoms with van der Waals surface area (Å²) in [7, 11) is 0. The van der Waals surface area contributed by atoms with Crippen LogP contribution >= 0.6 is 38.5 Å². The fourth-order valence-corrected chi connectivity index (χ4v) is 2.50. The van der Waals surface area contributed by atoms with E-state index in [1.807, 2.05) is 12.1 Å². The molecule has 0 aliphatic carbocycles. The first kappa shape index (κ1) is 13.4. The lowest BCUT2D eigenvalue weighted by Crippen LogP contribution is -2.42. The molecule has 86 valence electrons. The third-order valence-electron chi connectivity index (χ3n) is 1.95. The highest BCUT2D eigenvalue weighted by Crippen LogP contribution is 2.19. The van der Waals surface area contributed by atoms with Crippen LogP contribution < -0.4 is 11.1 Å². The molecule has 0 bridgehead atoms. The van der Waals surface area contributed by atoms with Crippen molar-refractivity contribution in [3.8, 4) is 0 Å². The zero-order valence-electron chi connectivity index (χ0n) is 8.46. The Morgan fingerprint density at radius 3 is 2.62 bits per heavy atom. The fraction of sp³-hybridized carbons (Fsp3) is 0.200. The summed E-state index contributed by atoms with van der Waals surface area (Å²) in [6, 6.07) is 4.65. The molecule has 0 saturated carbocycles. The normalized spacial score (nSPS) is 11.9. The molecular weight excluding hydrogens is 387 g/mol. The van der Waals surface area contributed by atoms with Gasteiger partial charge in [-0.1, -0.05) is 0 Å². The second kappa shape index (κ2) is 5.62. The first-order valence-corrected chi connectivity index (χ1v) is 6.34. The maximum absolute atomic E-state index is 11.7. The fourth-order valence-electron chi connectivity index (χ4n) is 1.02. The van der Waals surface area contributed by atoms with Gasteiger partial charge in [0.05, 0.1) is 5.56 Å². The maximum atomic E-state index is 11.7. The number of hydrogen-bond donors (Lipinski definition) is 2. The van der Waals surface area contributed by atoms with Gasteiger partial charge < -0.3 is 11.1 Å². The van der Waals surface area contributed by atoms with Gasteiger partial charge in [0, 0.05) is 8.04 Å². The molecule has 6 heteroatoms. The van der Waals surface area contributed by atoms with Crippen LogP contribution in [0.3, 0.4) is 0 Å². The van der Waals surface area contributed by atoms with Gasteiger partial charge in [-0.25, -0.2) is 0 Å². The van der Waals surface area contributed by atoms with E-state index in [1.54, 1.807) is 13.0 Å². The lowest BCUT2D eigenvalue weighted by Gasteiger charge is -2.11. The van der Waals surface area contributed by atoms with E-state index in [0.29, 0.717) is 10.0 Å². The Morgan fingerprint density at radius 2 is 2.12 bits per heavy atom. The minimum absolute atomic E-state index is 0.324. The minimum Gasteiger partial charge on any atom is -0.368 e. The molecule has 1 aromatic rings. The maximum Gasteiger partial charge on any atom is 0.253 e. The number of carbonyl (C=O) groups excluding carboxylic acids is 2. The smallest absolute Gasteiger partial charge is 0.253 e. The van der Waals surface area contributed by atoms with Crippen LogP contribution in [0.15, 0.2) is 22.7 Å². The second-order valence-corrected chi connectivity index (χ2v) is 5.32. The summed E-state index contributed by atoms with van der Waals surface area (Å²) in [5, 5.41) is 2.51. The molecule has 1 aromatic carbocycles. The predicted octanol–water partition coefficient (Wildman–Crippen LogP) is 1.66. The Morgan fingerprint density at radius 1 is 1.50 bits per heavy atom. The van der Waals surface area contributed by atoms with Crippen molar-refractivity contribution in [1.82, 2.24) is 5.32 Å². The Hall–Kier alpha value is -0.630. The third-order valence-corrected chi connectivity index (χ3v) is 3.28. The molecular formula is C10H10BrIN2O2. The van der Waals surface area contributed by atoms with Crippen LogP contribution in [0, 0.1) is 3.57 Å². The molecule has 0 heterocycles. The molecule has 0 fully saturated rings. The predicted molar refractivity (Wildman–Crippen MR) is 73.0 cm³/mol. The van der Waals surface area contributed by atoms with Crippen molar-refractivity contribution >= 4 is 50.3 Å². The molecule has 0 unspecified atom stereocenters. The Kier molecular flexibility index (Phi) is 4.72. The Bertz CT molecular complexity index is 437. The molecule has 0 aromatic heterocycles. The van der Waals surface area contributed by atoms with Gasteiger partial charge >= 0.3 is 0 Å². The molecule has 3 N–H and O–H groups in total. The monoisotopic (exact) mass is 396 g/mol. The van der Waals surface area contributed by atoms with E-state index in [9.17, 15) is 9.59 Å². The summed E-state index contributed by atoms with van der Waals surface area (Å²) in [4.78, 5) is 22.5. The first-order chi connectivity index (χ1) is 7.41. The zero-order valence-corrected chi connectivity index (χ0v) is 12.2. The second-order valence-electron chi connectivity index (χ2n) is 3.22. The van der Waals surface area contributed by atoms with Crippen LogP contribution in [0.25, 0.3) is 0 Å². The van der Waals surface area contributed by atoms with Gasteiger partial charge in [-0.3, -0.25) is 9.59 Å². The molecule has 0 spiro atoms. The largest absolute Gasteiger partial charge is 0.368 e. The van der Waals surface area contributed by atoms with E-state index in [0.717, 1.165) is 3.57 Å². The molecule has 0 aliphatic rings. The average Bonchev–Trinajstić information content (AvgIpc) is 2.16. The summed E-state index contributed by atoms with van der Waals surface area (Å²) in [5.74, 6) is -0.885. The number of nitrogens with two attached hydrogens (primary N) is 1. The van der Waals surface area contributed by atoms with Gasteiger partial charge in [0.15, 0.2) is 0 Å². The lowest BCUT2D eigenvalue weighted by molar-refractivity contribution is -0.119. The number of primary amides is 1. The number of carbonyl (C=O) groups is 2. The van der Waals surface area contributed by atoms with Gasteiger partial charge in [0.2, 0.25) is 5.91 Å². The number of halogens is 2. The average molecular weight is 397 g/mol. The topological polar surface area (TPSA) is 72.2 Å². The molecule has 4 nitrogen and oxygen atoms in total. The standard InChI is InChI=1S/C10H10BrIN2O2/c1-5(9(13)15)14-10(16)7-3-2-6(12)4-8(7)11/h2-5H,1H3,(H2,13,15)(H,14,16)/t5-/m1/s1. The van der Waals surface area contributed by atoms with Gasteiger partial charge in [0.1, 0.15) is 6.04 Å². The van der Waals surface area contributed by atoms with Crippen LogP contribution in [0.2, 0.25) is 0 Å². The summed E-state index contributed by atoms with van der Waals surface area (Å²) >= 11 is 5.44. The van der Waals surface area contributed by atoms with Crippen LogP contribution in [0.4, 0.5) is 0 Å². The van der Waals surface area contributed by atoms with Crippen molar-refractivity contribution in [2.24, 2.45) is 5.73 Å². The van der Waals surface area contributed by atoms with Crippen LogP contribution in [0.5, 0.6) is 0 Å². The van der Waals surface area contributed by atoms with Crippen molar-refractivity contribution in [1.29, 1.82) is 0 Å². The van der Waals surface area contributed by atoms with E-state index >= 15 is 0 Å². The molecule has 1 rings (SSSR count). The van der Waals surface area contributed by atoms with Crippen LogP contribution in [-0.4, -0.2) is 17.9 Å². The summed E-state index contributed by atoms with van der Waals surface area (Å²) in [6.07, 6.45) is 0. The van der Waals surface area contributed by atoms with Gasteiger partial charge in [-0.2, -0.15) is 0 Å². The number of nitrogens with one attached hydrogen (secondary N) is 1. The Labute approximate surface area is 115 Å². The first-order valence-electron chi connectivity index (χ1n) is 4.47. The number of hydrogen-bond acceptors (Lipinski definition) is 2. The molecule has 0 aliphatic heterocycles. The highest BCUT2D eigenvalue weighted by atomic mass is 127. The Balaban J connectivity index is 2.85. The summed E-state index contributed by atoms with van der Waals surface area (Å²) in [6.45, 7) is 1.54. The summed E-state index contributed by atoms with van der Waals surface area (Å²) < 4.78 is 1.71. The van der Waals surface area contributed by atoms with Crippen molar-refractivity contribution in [3.05, 3.63) is 31.8 Å². The SMILES string of the molecule is C[C@@H](NC(=O)c1ccc(I)cc1Br)C(N)=O. The molecule has 0 saturated heterocycles. The van der Waals surface area contributed by atoms with Crippen molar-refractivity contribution in [3.63, 3.8) is 0 Å². The van der Waals surface area contributed by atoms with E-state index in [-0.39, 0.29) is 5.91 Å². The van der Waals surface area contributed by atoms with Crippen molar-refractivity contribution < 1.29 is 9.59 Å². The van der Waals surface area contributed by atoms with Crippen LogP contribution in [-0.2, 0) is 4.79 Å². The van der Waals surface area contributed by atoms with Crippen molar-refractivity contribution in [2.75, 3.05) is 0 Å². The zero-order chi connectivity index (χ0) is 12.3. The van der Waals surface area contributed by atoms with Gasteiger partial charge in [0.25, 0.3) is 5.91 Å². The van der Waals surface area contributed by atoms with Gasteiger partial charge in [-0.15, -0.1) is 0 Å². The van der Waals surface area contributed by atoms with E-state index in [4.69, 9.17) is 5.73 Å².